The molecule has 31 heavy (non-hydrogen) atoms. The summed E-state index contributed by atoms with van der Waals surface area (Å²) in [5.74, 6) is 1.08. The molecule has 0 aromatic heterocycles. The quantitative estimate of drug-likeness (QED) is 0.471. The highest BCUT2D eigenvalue weighted by Crippen LogP contribution is 2.32. The maximum absolute atomic E-state index is 12.5. The van der Waals surface area contributed by atoms with Crippen molar-refractivity contribution in [1.29, 1.82) is 0 Å². The average Bonchev–Trinajstić information content (AvgIpc) is 2.67. The summed E-state index contributed by atoms with van der Waals surface area (Å²) in [5.41, 5.74) is 1.78. The molecule has 0 atom stereocenters. The van der Waals surface area contributed by atoms with Gasteiger partial charge in [0, 0.05) is 12.5 Å². The van der Waals surface area contributed by atoms with Crippen molar-refractivity contribution in [3.05, 3.63) is 72.3 Å². The molecule has 0 fully saturated rings. The topological polar surface area (TPSA) is 68.2 Å². The van der Waals surface area contributed by atoms with Crippen LogP contribution < -0.4 is 14.2 Å². The number of hydrogen-bond donors (Lipinski definition) is 2. The summed E-state index contributed by atoms with van der Waals surface area (Å²) in [6, 6.07) is 17.5. The fourth-order valence-electron chi connectivity index (χ4n) is 3.02. The summed E-state index contributed by atoms with van der Waals surface area (Å²) >= 11 is 0. The third kappa shape index (κ3) is 6.91. The molecule has 0 saturated heterocycles. The molecule has 0 aliphatic carbocycles. The molecule has 0 heterocycles. The minimum atomic E-state index is -4.77. The standard InChI is InChI=1S/C23H21F3O5/c1-2-29-20-9-15(11-22(27)28)10-21(14-20)30-18-7-3-5-16(12-18)17-6-4-8-19(13-17)31-23(24,25)26/h3-10,12-14,22,27-28H,2,11H2,1H3. The first-order valence-corrected chi connectivity index (χ1v) is 9.49. The first-order chi connectivity index (χ1) is 14.7. The van der Waals surface area contributed by atoms with Gasteiger partial charge in [-0.05, 0) is 60.0 Å². The maximum atomic E-state index is 12.5. The summed E-state index contributed by atoms with van der Waals surface area (Å²) < 4.78 is 52.9. The van der Waals surface area contributed by atoms with Gasteiger partial charge in [0.15, 0.2) is 6.29 Å². The van der Waals surface area contributed by atoms with Gasteiger partial charge in [0.2, 0.25) is 0 Å². The van der Waals surface area contributed by atoms with E-state index >= 15 is 0 Å². The van der Waals surface area contributed by atoms with Gasteiger partial charge in [-0.3, -0.25) is 0 Å². The van der Waals surface area contributed by atoms with Crippen LogP contribution in [0.1, 0.15) is 12.5 Å². The molecule has 5 nitrogen and oxygen atoms in total. The minimum Gasteiger partial charge on any atom is -0.494 e. The van der Waals surface area contributed by atoms with Crippen molar-refractivity contribution in [2.45, 2.75) is 26.0 Å². The van der Waals surface area contributed by atoms with E-state index in [2.05, 4.69) is 4.74 Å². The largest absolute Gasteiger partial charge is 0.573 e. The van der Waals surface area contributed by atoms with Gasteiger partial charge in [-0.1, -0.05) is 24.3 Å². The predicted octanol–water partition coefficient (Wildman–Crippen LogP) is 5.30. The molecule has 3 aromatic carbocycles. The first kappa shape index (κ1) is 22.5. The summed E-state index contributed by atoms with van der Waals surface area (Å²) in [6.07, 6.45) is -6.28. The predicted molar refractivity (Wildman–Crippen MR) is 108 cm³/mol. The van der Waals surface area contributed by atoms with E-state index in [0.29, 0.717) is 40.5 Å². The molecule has 0 aliphatic heterocycles. The van der Waals surface area contributed by atoms with Crippen molar-refractivity contribution in [3.8, 4) is 34.1 Å². The Morgan fingerprint density at radius 2 is 1.42 bits per heavy atom. The molecule has 0 radical (unpaired) electrons. The van der Waals surface area contributed by atoms with E-state index in [1.54, 1.807) is 48.5 Å². The lowest BCUT2D eigenvalue weighted by Gasteiger charge is -2.13. The monoisotopic (exact) mass is 434 g/mol. The van der Waals surface area contributed by atoms with E-state index in [-0.39, 0.29) is 12.2 Å². The van der Waals surface area contributed by atoms with Gasteiger partial charge in [0.05, 0.1) is 6.61 Å². The highest BCUT2D eigenvalue weighted by atomic mass is 19.4. The van der Waals surface area contributed by atoms with E-state index in [0.717, 1.165) is 0 Å². The molecular formula is C23H21F3O5. The van der Waals surface area contributed by atoms with Crippen LogP contribution in [-0.4, -0.2) is 29.5 Å². The molecule has 3 rings (SSSR count). The summed E-state index contributed by atoms with van der Waals surface area (Å²) in [4.78, 5) is 0. The molecule has 8 heteroatoms. The normalized spacial score (nSPS) is 11.5. The van der Waals surface area contributed by atoms with Crippen LogP contribution in [0.5, 0.6) is 23.0 Å². The molecule has 0 amide bonds. The van der Waals surface area contributed by atoms with Crippen LogP contribution in [0.25, 0.3) is 11.1 Å². The number of benzene rings is 3. The first-order valence-electron chi connectivity index (χ1n) is 9.49. The second-order valence-electron chi connectivity index (χ2n) is 6.64. The molecule has 164 valence electrons. The summed E-state index contributed by atoms with van der Waals surface area (Å²) in [7, 11) is 0. The van der Waals surface area contributed by atoms with Crippen LogP contribution in [-0.2, 0) is 6.42 Å². The number of ether oxygens (including phenoxy) is 3. The van der Waals surface area contributed by atoms with Gasteiger partial charge in [0.25, 0.3) is 0 Å². The van der Waals surface area contributed by atoms with Crippen molar-refractivity contribution in [2.75, 3.05) is 6.61 Å². The Labute approximate surface area is 177 Å². The van der Waals surface area contributed by atoms with Gasteiger partial charge >= 0.3 is 6.36 Å². The number of rotatable bonds is 8. The Morgan fingerprint density at radius 1 is 0.806 bits per heavy atom. The van der Waals surface area contributed by atoms with Gasteiger partial charge in [-0.25, -0.2) is 0 Å². The number of halogens is 3. The third-order valence-electron chi connectivity index (χ3n) is 4.14. The summed E-state index contributed by atoms with van der Waals surface area (Å²) in [5, 5.41) is 18.5. The zero-order valence-corrected chi connectivity index (χ0v) is 16.6. The second-order valence-corrected chi connectivity index (χ2v) is 6.64. The smallest absolute Gasteiger partial charge is 0.494 e. The Bertz CT molecular complexity index is 1020. The molecule has 2 N–H and O–H groups in total. The van der Waals surface area contributed by atoms with Crippen molar-refractivity contribution in [1.82, 2.24) is 0 Å². The maximum Gasteiger partial charge on any atom is 0.573 e. The van der Waals surface area contributed by atoms with Gasteiger partial charge < -0.3 is 24.4 Å². The highest BCUT2D eigenvalue weighted by molar-refractivity contribution is 5.66. The third-order valence-corrected chi connectivity index (χ3v) is 4.14. The fourth-order valence-corrected chi connectivity index (χ4v) is 3.02. The van der Waals surface area contributed by atoms with Crippen LogP contribution >= 0.6 is 0 Å². The van der Waals surface area contributed by atoms with E-state index in [1.807, 2.05) is 6.92 Å². The fraction of sp³-hybridized carbons (Fsp3) is 0.217. The van der Waals surface area contributed by atoms with Crippen LogP contribution in [0.3, 0.4) is 0 Å². The van der Waals surface area contributed by atoms with E-state index in [9.17, 15) is 23.4 Å². The molecule has 0 aliphatic rings. The Morgan fingerprint density at radius 3 is 2.03 bits per heavy atom. The van der Waals surface area contributed by atoms with Crippen LogP contribution in [0, 0.1) is 0 Å². The molecule has 0 bridgehead atoms. The second kappa shape index (κ2) is 9.72. The zero-order chi connectivity index (χ0) is 22.4. The molecule has 3 aromatic rings. The summed E-state index contributed by atoms with van der Waals surface area (Å²) in [6.45, 7) is 2.25. The zero-order valence-electron chi connectivity index (χ0n) is 16.6. The van der Waals surface area contributed by atoms with Gasteiger partial charge in [0.1, 0.15) is 23.0 Å². The van der Waals surface area contributed by atoms with E-state index < -0.39 is 12.7 Å². The van der Waals surface area contributed by atoms with Crippen molar-refractivity contribution >= 4 is 0 Å². The number of aliphatic hydroxyl groups excluding tert-OH is 1. The van der Waals surface area contributed by atoms with E-state index in [1.165, 1.54) is 18.2 Å². The Balaban J connectivity index is 1.86. The number of hydrogen-bond acceptors (Lipinski definition) is 5. The lowest BCUT2D eigenvalue weighted by Crippen LogP contribution is -2.17. The molecule has 0 spiro atoms. The van der Waals surface area contributed by atoms with Crippen LogP contribution in [0.15, 0.2) is 66.7 Å². The number of aliphatic hydroxyl groups is 2. The molecular weight excluding hydrogens is 413 g/mol. The van der Waals surface area contributed by atoms with Crippen molar-refractivity contribution in [2.24, 2.45) is 0 Å². The van der Waals surface area contributed by atoms with Gasteiger partial charge in [-0.15, -0.1) is 13.2 Å². The van der Waals surface area contributed by atoms with E-state index in [4.69, 9.17) is 9.47 Å². The minimum absolute atomic E-state index is 0.00329. The SMILES string of the molecule is CCOc1cc(CC(O)O)cc(Oc2cccc(-c3cccc(OC(F)(F)F)c3)c2)c1. The molecule has 0 unspecified atom stereocenters. The Hall–Kier alpha value is -3.23. The Kier molecular flexibility index (Phi) is 7.04. The van der Waals surface area contributed by atoms with Crippen LogP contribution in [0.2, 0.25) is 0 Å². The van der Waals surface area contributed by atoms with Crippen molar-refractivity contribution < 1.29 is 37.6 Å². The lowest BCUT2D eigenvalue weighted by molar-refractivity contribution is -0.274. The average molecular weight is 434 g/mol. The lowest BCUT2D eigenvalue weighted by atomic mass is 10.1. The number of alkyl halides is 3. The van der Waals surface area contributed by atoms with Gasteiger partial charge in [-0.2, -0.15) is 0 Å². The molecule has 0 saturated carbocycles. The van der Waals surface area contributed by atoms with Crippen LogP contribution in [0.4, 0.5) is 13.2 Å². The van der Waals surface area contributed by atoms with Crippen molar-refractivity contribution in [3.63, 3.8) is 0 Å². The highest BCUT2D eigenvalue weighted by Gasteiger charge is 2.31.